The van der Waals surface area contributed by atoms with Gasteiger partial charge < -0.3 is 9.90 Å². The minimum Gasteiger partial charge on any atom is -0.481 e. The quantitative estimate of drug-likeness (QED) is 0.715. The van der Waals surface area contributed by atoms with Crippen LogP contribution in [0, 0.1) is 5.92 Å². The molecule has 1 atom stereocenters. The molecule has 0 bridgehead atoms. The Morgan fingerprint density at radius 2 is 2.14 bits per heavy atom. The molecule has 0 spiro atoms. The average Bonchev–Trinajstić information content (AvgIpc) is 2.71. The molecule has 1 unspecified atom stereocenters. The van der Waals surface area contributed by atoms with Crippen LogP contribution in [-0.4, -0.2) is 34.0 Å². The van der Waals surface area contributed by atoms with Crippen molar-refractivity contribution in [3.8, 4) is 0 Å². The van der Waals surface area contributed by atoms with E-state index in [1.807, 2.05) is 13.1 Å². The van der Waals surface area contributed by atoms with Crippen LogP contribution in [0.4, 0.5) is 0 Å². The van der Waals surface area contributed by atoms with E-state index in [1.54, 1.807) is 10.9 Å². The molecular formula is C14H25ClN2O3Si. The van der Waals surface area contributed by atoms with Crippen LogP contribution >= 0.6 is 11.6 Å². The first-order valence-corrected chi connectivity index (χ1v) is 10.5. The van der Waals surface area contributed by atoms with Crippen molar-refractivity contribution < 1.29 is 14.7 Å². The van der Waals surface area contributed by atoms with Crippen LogP contribution in [0.3, 0.4) is 0 Å². The molecule has 0 saturated heterocycles. The standard InChI is InChI=1S/C14H25ClN2O3Si/c1-14(2,21(3,4)20)7-5-6-11(13(18)19)9-17-10-12(15)8-16-17/h8,10-11,20H,5-7,9H2,1-4H3,(H,18,19). The van der Waals surface area contributed by atoms with Gasteiger partial charge in [-0.05, 0) is 31.0 Å². The molecule has 0 aliphatic rings. The van der Waals surface area contributed by atoms with Crippen LogP contribution in [-0.2, 0) is 11.3 Å². The molecule has 1 aromatic heterocycles. The van der Waals surface area contributed by atoms with E-state index in [0.717, 1.165) is 12.8 Å². The maximum absolute atomic E-state index is 11.3. The van der Waals surface area contributed by atoms with Gasteiger partial charge in [0, 0.05) is 6.20 Å². The fraction of sp³-hybridized carbons (Fsp3) is 0.714. The molecule has 2 N–H and O–H groups in total. The number of aromatic nitrogens is 2. The second kappa shape index (κ2) is 6.94. The summed E-state index contributed by atoms with van der Waals surface area (Å²) >= 11 is 5.78. The van der Waals surface area contributed by atoms with Crippen molar-refractivity contribution in [2.24, 2.45) is 5.92 Å². The third-order valence-corrected chi connectivity index (χ3v) is 8.13. The highest BCUT2D eigenvalue weighted by Crippen LogP contribution is 2.40. The summed E-state index contributed by atoms with van der Waals surface area (Å²) in [5.41, 5.74) is 0. The van der Waals surface area contributed by atoms with Crippen LogP contribution in [0.15, 0.2) is 12.4 Å². The highest BCUT2D eigenvalue weighted by Gasteiger charge is 2.37. The highest BCUT2D eigenvalue weighted by atomic mass is 35.5. The molecule has 7 heteroatoms. The van der Waals surface area contributed by atoms with Crippen molar-refractivity contribution in [2.45, 2.75) is 57.8 Å². The third-order valence-electron chi connectivity index (χ3n) is 4.37. The predicted molar refractivity (Wildman–Crippen MR) is 86.0 cm³/mol. The molecule has 0 fully saturated rings. The van der Waals surface area contributed by atoms with Crippen molar-refractivity contribution in [1.82, 2.24) is 9.78 Å². The first-order valence-electron chi connectivity index (χ1n) is 7.16. The second-order valence-electron chi connectivity index (χ2n) is 6.75. The average molecular weight is 333 g/mol. The summed E-state index contributed by atoms with van der Waals surface area (Å²) in [4.78, 5) is 21.6. The van der Waals surface area contributed by atoms with Gasteiger partial charge in [0.25, 0.3) is 0 Å². The minimum absolute atomic E-state index is 0.120. The van der Waals surface area contributed by atoms with E-state index in [0.29, 0.717) is 18.0 Å². The summed E-state index contributed by atoms with van der Waals surface area (Å²) in [7, 11) is -2.24. The SMILES string of the molecule is CC(C)(CCCC(Cn1cc(Cl)cn1)C(=O)O)[Si](C)(C)O. The first kappa shape index (κ1) is 18.2. The summed E-state index contributed by atoms with van der Waals surface area (Å²) in [5.74, 6) is -1.31. The summed E-state index contributed by atoms with van der Waals surface area (Å²) in [6.07, 6.45) is 5.30. The normalized spacial score (nSPS) is 14.2. The third kappa shape index (κ3) is 5.45. The zero-order chi connectivity index (χ0) is 16.3. The molecule has 0 aliphatic carbocycles. The van der Waals surface area contributed by atoms with Crippen LogP contribution in [0.1, 0.15) is 33.1 Å². The highest BCUT2D eigenvalue weighted by molar-refractivity contribution is 6.72. The number of carboxylic acid groups (broad SMARTS) is 1. The summed E-state index contributed by atoms with van der Waals surface area (Å²) in [6, 6.07) is 0. The topological polar surface area (TPSA) is 75.4 Å². The van der Waals surface area contributed by atoms with Crippen molar-refractivity contribution in [3.05, 3.63) is 17.4 Å². The molecule has 0 aromatic carbocycles. The van der Waals surface area contributed by atoms with Gasteiger partial charge in [0.1, 0.15) is 0 Å². The van der Waals surface area contributed by atoms with Crippen LogP contribution in [0.25, 0.3) is 0 Å². The number of carboxylic acids is 1. The number of rotatable bonds is 8. The molecule has 21 heavy (non-hydrogen) atoms. The second-order valence-corrected chi connectivity index (χ2v) is 11.7. The lowest BCUT2D eigenvalue weighted by atomic mass is 9.97. The lowest BCUT2D eigenvalue weighted by Gasteiger charge is -2.35. The van der Waals surface area contributed by atoms with Gasteiger partial charge >= 0.3 is 5.97 Å². The monoisotopic (exact) mass is 332 g/mol. The van der Waals surface area contributed by atoms with E-state index >= 15 is 0 Å². The Morgan fingerprint density at radius 3 is 2.57 bits per heavy atom. The zero-order valence-electron chi connectivity index (χ0n) is 13.1. The Labute approximate surface area is 132 Å². The Morgan fingerprint density at radius 1 is 1.52 bits per heavy atom. The number of hydrogen-bond donors (Lipinski definition) is 2. The lowest BCUT2D eigenvalue weighted by Crippen LogP contribution is -2.39. The van der Waals surface area contributed by atoms with E-state index in [-0.39, 0.29) is 5.04 Å². The minimum atomic E-state index is -2.24. The fourth-order valence-electron chi connectivity index (χ4n) is 2.05. The maximum atomic E-state index is 11.3. The molecule has 5 nitrogen and oxygen atoms in total. The van der Waals surface area contributed by atoms with Crippen molar-refractivity contribution in [2.75, 3.05) is 0 Å². The number of hydrogen-bond acceptors (Lipinski definition) is 3. The molecule has 120 valence electrons. The smallest absolute Gasteiger partial charge is 0.308 e. The van der Waals surface area contributed by atoms with E-state index < -0.39 is 20.2 Å². The van der Waals surface area contributed by atoms with Crippen LogP contribution in [0.2, 0.25) is 23.2 Å². The molecule has 1 aromatic rings. The van der Waals surface area contributed by atoms with Crippen molar-refractivity contribution >= 4 is 25.9 Å². The molecule has 0 radical (unpaired) electrons. The van der Waals surface area contributed by atoms with Crippen LogP contribution < -0.4 is 0 Å². The Balaban J connectivity index is 2.55. The zero-order valence-corrected chi connectivity index (χ0v) is 14.9. The van der Waals surface area contributed by atoms with E-state index in [2.05, 4.69) is 18.9 Å². The van der Waals surface area contributed by atoms with Gasteiger partial charge in [0.05, 0.1) is 23.7 Å². The summed E-state index contributed by atoms with van der Waals surface area (Å²) in [6.45, 7) is 8.29. The Bertz CT molecular complexity index is 483. The fourth-order valence-corrected chi connectivity index (χ4v) is 3.00. The summed E-state index contributed by atoms with van der Waals surface area (Å²) in [5, 5.41) is 13.7. The van der Waals surface area contributed by atoms with E-state index in [1.165, 1.54) is 6.20 Å². The molecule has 0 amide bonds. The van der Waals surface area contributed by atoms with Crippen LogP contribution in [0.5, 0.6) is 0 Å². The van der Waals surface area contributed by atoms with Gasteiger partial charge in [-0.3, -0.25) is 9.48 Å². The Hall–Kier alpha value is -0.853. The van der Waals surface area contributed by atoms with Gasteiger partial charge in [0.2, 0.25) is 0 Å². The van der Waals surface area contributed by atoms with Gasteiger partial charge in [0.15, 0.2) is 8.32 Å². The first-order chi connectivity index (χ1) is 9.53. The Kier molecular flexibility index (Phi) is 6.01. The van der Waals surface area contributed by atoms with Gasteiger partial charge in [-0.1, -0.05) is 31.9 Å². The lowest BCUT2D eigenvalue weighted by molar-refractivity contribution is -0.142. The van der Waals surface area contributed by atoms with E-state index in [9.17, 15) is 14.7 Å². The molecular weight excluding hydrogens is 308 g/mol. The van der Waals surface area contributed by atoms with Gasteiger partial charge in [-0.25, -0.2) is 0 Å². The number of nitrogens with zero attached hydrogens (tertiary/aromatic N) is 2. The summed E-state index contributed by atoms with van der Waals surface area (Å²) < 4.78 is 1.57. The number of halogens is 1. The van der Waals surface area contributed by atoms with Gasteiger partial charge in [-0.2, -0.15) is 5.10 Å². The van der Waals surface area contributed by atoms with Crippen molar-refractivity contribution in [1.29, 1.82) is 0 Å². The molecule has 1 heterocycles. The van der Waals surface area contributed by atoms with Gasteiger partial charge in [-0.15, -0.1) is 0 Å². The maximum Gasteiger partial charge on any atom is 0.308 e. The van der Waals surface area contributed by atoms with E-state index in [4.69, 9.17) is 11.6 Å². The molecule has 0 saturated carbocycles. The largest absolute Gasteiger partial charge is 0.481 e. The van der Waals surface area contributed by atoms with Crippen molar-refractivity contribution in [3.63, 3.8) is 0 Å². The number of aliphatic carboxylic acids is 1. The molecule has 0 aliphatic heterocycles. The number of carbonyl (C=O) groups is 1. The predicted octanol–water partition coefficient (Wildman–Crippen LogP) is 3.39. The molecule has 1 rings (SSSR count).